The highest BCUT2D eigenvalue weighted by molar-refractivity contribution is 5.65. The fourth-order valence-electron chi connectivity index (χ4n) is 1.91. The molecule has 0 atom stereocenters. The summed E-state index contributed by atoms with van der Waals surface area (Å²) in [5, 5.41) is 22.9. The van der Waals surface area contributed by atoms with E-state index in [-0.39, 0.29) is 5.69 Å². The number of rotatable bonds is 2. The Bertz CT molecular complexity index is 475. The lowest BCUT2D eigenvalue weighted by Gasteiger charge is -2.28. The van der Waals surface area contributed by atoms with Crippen LogP contribution in [-0.2, 0) is 0 Å². The minimum Gasteiger partial charge on any atom is -0.363 e. The number of nitro groups is 1. The minimum atomic E-state index is -0.432. The smallest absolute Gasteiger partial charge is 0.293 e. The second kappa shape index (κ2) is 4.80. The Labute approximate surface area is 98.6 Å². The molecule has 1 N–H and O–H groups in total. The fourth-order valence-corrected chi connectivity index (χ4v) is 1.91. The van der Waals surface area contributed by atoms with Crippen LogP contribution in [0, 0.1) is 21.4 Å². The number of nitrogens with one attached hydrogen (secondary N) is 1. The van der Waals surface area contributed by atoms with E-state index in [1.807, 2.05) is 11.0 Å². The number of piperazine rings is 1. The Hall–Kier alpha value is -2.13. The van der Waals surface area contributed by atoms with Crippen molar-refractivity contribution in [2.75, 3.05) is 31.1 Å². The van der Waals surface area contributed by atoms with Crippen molar-refractivity contribution in [3.8, 4) is 6.07 Å². The molecule has 88 valence electrons. The Balaban J connectivity index is 2.38. The molecule has 0 spiro atoms. The van der Waals surface area contributed by atoms with E-state index in [9.17, 15) is 10.1 Å². The third kappa shape index (κ3) is 2.34. The van der Waals surface area contributed by atoms with Crippen LogP contribution in [0.15, 0.2) is 18.2 Å². The van der Waals surface area contributed by atoms with E-state index in [4.69, 9.17) is 5.26 Å². The highest BCUT2D eigenvalue weighted by Gasteiger charge is 2.21. The van der Waals surface area contributed by atoms with Crippen molar-refractivity contribution in [2.24, 2.45) is 0 Å². The van der Waals surface area contributed by atoms with E-state index < -0.39 is 4.92 Å². The van der Waals surface area contributed by atoms with Gasteiger partial charge in [0.05, 0.1) is 16.6 Å². The van der Waals surface area contributed by atoms with E-state index in [1.165, 1.54) is 6.07 Å². The minimum absolute atomic E-state index is 0.00551. The van der Waals surface area contributed by atoms with Gasteiger partial charge in [0.1, 0.15) is 5.69 Å². The quantitative estimate of drug-likeness (QED) is 0.604. The SMILES string of the molecule is N#Cc1ccc(N2CCNCC2)c([N+](=O)[O-])c1. The Morgan fingerprint density at radius 1 is 1.41 bits per heavy atom. The normalized spacial score (nSPS) is 15.4. The topological polar surface area (TPSA) is 82.2 Å². The molecule has 6 nitrogen and oxygen atoms in total. The van der Waals surface area contributed by atoms with E-state index >= 15 is 0 Å². The van der Waals surface area contributed by atoms with Crippen molar-refractivity contribution < 1.29 is 4.92 Å². The molecule has 6 heteroatoms. The summed E-state index contributed by atoms with van der Waals surface area (Å²) in [5.74, 6) is 0. The van der Waals surface area contributed by atoms with Gasteiger partial charge in [-0.15, -0.1) is 0 Å². The molecule has 0 bridgehead atoms. The molecule has 1 aliphatic rings. The van der Waals surface area contributed by atoms with Gasteiger partial charge in [0.15, 0.2) is 0 Å². The molecule has 0 aliphatic carbocycles. The van der Waals surface area contributed by atoms with Crippen molar-refractivity contribution in [3.05, 3.63) is 33.9 Å². The van der Waals surface area contributed by atoms with Crippen molar-refractivity contribution in [2.45, 2.75) is 0 Å². The van der Waals surface area contributed by atoms with Crippen molar-refractivity contribution in [3.63, 3.8) is 0 Å². The monoisotopic (exact) mass is 232 g/mol. The van der Waals surface area contributed by atoms with Gasteiger partial charge >= 0.3 is 0 Å². The number of nitrogens with zero attached hydrogens (tertiary/aromatic N) is 3. The summed E-state index contributed by atoms with van der Waals surface area (Å²) in [6.45, 7) is 3.12. The second-order valence-electron chi connectivity index (χ2n) is 3.81. The Morgan fingerprint density at radius 2 is 2.12 bits per heavy atom. The van der Waals surface area contributed by atoms with Crippen molar-refractivity contribution in [1.82, 2.24) is 5.32 Å². The highest BCUT2D eigenvalue weighted by Crippen LogP contribution is 2.29. The van der Waals surface area contributed by atoms with E-state index in [0.717, 1.165) is 26.2 Å². The molecule has 0 amide bonds. The molecule has 0 saturated carbocycles. The fraction of sp³-hybridized carbons (Fsp3) is 0.364. The summed E-state index contributed by atoms with van der Waals surface area (Å²) in [7, 11) is 0. The van der Waals surface area contributed by atoms with Gasteiger partial charge in [-0.3, -0.25) is 10.1 Å². The molecule has 0 aromatic heterocycles. The van der Waals surface area contributed by atoms with E-state index in [0.29, 0.717) is 11.3 Å². The number of hydrogen-bond donors (Lipinski definition) is 1. The zero-order valence-electron chi connectivity index (χ0n) is 9.22. The van der Waals surface area contributed by atoms with Gasteiger partial charge in [-0.2, -0.15) is 5.26 Å². The third-order valence-corrected chi connectivity index (χ3v) is 2.76. The Kier molecular flexibility index (Phi) is 3.21. The predicted molar refractivity (Wildman–Crippen MR) is 62.9 cm³/mol. The summed E-state index contributed by atoms with van der Waals surface area (Å²) in [5.41, 5.74) is 0.914. The molecule has 1 aromatic carbocycles. The third-order valence-electron chi connectivity index (χ3n) is 2.76. The lowest BCUT2D eigenvalue weighted by Crippen LogP contribution is -2.43. The number of nitro benzene ring substituents is 1. The van der Waals surface area contributed by atoms with E-state index in [2.05, 4.69) is 5.32 Å². The predicted octanol–water partition coefficient (Wildman–Crippen LogP) is 0.876. The van der Waals surface area contributed by atoms with Gasteiger partial charge in [-0.1, -0.05) is 0 Å². The van der Waals surface area contributed by atoms with Gasteiger partial charge in [0.25, 0.3) is 5.69 Å². The molecule has 1 fully saturated rings. The van der Waals surface area contributed by atoms with Gasteiger partial charge in [0.2, 0.25) is 0 Å². The Morgan fingerprint density at radius 3 is 2.71 bits per heavy atom. The summed E-state index contributed by atoms with van der Waals surface area (Å²) in [4.78, 5) is 12.5. The first-order valence-electron chi connectivity index (χ1n) is 5.36. The number of benzene rings is 1. The molecule has 1 aromatic rings. The van der Waals surface area contributed by atoms with Gasteiger partial charge in [-0.25, -0.2) is 0 Å². The first-order chi connectivity index (χ1) is 8.22. The van der Waals surface area contributed by atoms with Crippen LogP contribution in [-0.4, -0.2) is 31.1 Å². The molecule has 0 unspecified atom stereocenters. The molecule has 1 aliphatic heterocycles. The number of nitriles is 1. The molecule has 2 rings (SSSR count). The first-order valence-corrected chi connectivity index (χ1v) is 5.36. The first kappa shape index (κ1) is 11.4. The van der Waals surface area contributed by atoms with Crippen LogP contribution in [0.5, 0.6) is 0 Å². The summed E-state index contributed by atoms with van der Waals surface area (Å²) in [6, 6.07) is 6.52. The molecule has 0 radical (unpaired) electrons. The average molecular weight is 232 g/mol. The van der Waals surface area contributed by atoms with Crippen LogP contribution >= 0.6 is 0 Å². The molecule has 17 heavy (non-hydrogen) atoms. The van der Waals surface area contributed by atoms with Crippen molar-refractivity contribution in [1.29, 1.82) is 5.26 Å². The largest absolute Gasteiger partial charge is 0.363 e. The van der Waals surface area contributed by atoms with Crippen LogP contribution in [0.25, 0.3) is 0 Å². The van der Waals surface area contributed by atoms with E-state index in [1.54, 1.807) is 12.1 Å². The maximum absolute atomic E-state index is 11.0. The lowest BCUT2D eigenvalue weighted by molar-refractivity contribution is -0.384. The maximum atomic E-state index is 11.0. The van der Waals surface area contributed by atoms with Crippen molar-refractivity contribution >= 4 is 11.4 Å². The molecular weight excluding hydrogens is 220 g/mol. The van der Waals surface area contributed by atoms with Crippen LogP contribution < -0.4 is 10.2 Å². The zero-order valence-corrected chi connectivity index (χ0v) is 9.22. The maximum Gasteiger partial charge on any atom is 0.293 e. The van der Waals surface area contributed by atoms with Crippen LogP contribution in [0.3, 0.4) is 0 Å². The second-order valence-corrected chi connectivity index (χ2v) is 3.81. The summed E-state index contributed by atoms with van der Waals surface area (Å²) < 4.78 is 0. The highest BCUT2D eigenvalue weighted by atomic mass is 16.6. The molecule has 1 saturated heterocycles. The van der Waals surface area contributed by atoms with Gasteiger partial charge in [0, 0.05) is 32.2 Å². The average Bonchev–Trinajstić information content (AvgIpc) is 2.39. The summed E-state index contributed by atoms with van der Waals surface area (Å²) in [6.07, 6.45) is 0. The van der Waals surface area contributed by atoms with Gasteiger partial charge < -0.3 is 10.2 Å². The number of anilines is 1. The van der Waals surface area contributed by atoms with Crippen LogP contribution in [0.4, 0.5) is 11.4 Å². The lowest BCUT2D eigenvalue weighted by atomic mass is 10.1. The summed E-state index contributed by atoms with van der Waals surface area (Å²) >= 11 is 0. The van der Waals surface area contributed by atoms with Crippen LogP contribution in [0.2, 0.25) is 0 Å². The standard InChI is InChI=1S/C11H12N4O2/c12-8-9-1-2-10(11(7-9)15(16)17)14-5-3-13-4-6-14/h1-2,7,13H,3-6H2. The van der Waals surface area contributed by atoms with Gasteiger partial charge in [-0.05, 0) is 12.1 Å². The number of hydrogen-bond acceptors (Lipinski definition) is 5. The zero-order chi connectivity index (χ0) is 12.3. The molecular formula is C11H12N4O2. The molecule has 1 heterocycles. The van der Waals surface area contributed by atoms with Crippen LogP contribution in [0.1, 0.15) is 5.56 Å².